The van der Waals surface area contributed by atoms with Crippen molar-refractivity contribution in [1.82, 2.24) is 0 Å². The second-order valence-corrected chi connectivity index (χ2v) is 5.11. The van der Waals surface area contributed by atoms with E-state index in [0.717, 1.165) is 11.1 Å². The van der Waals surface area contributed by atoms with Crippen LogP contribution in [-0.4, -0.2) is 26.1 Å². The number of benzene rings is 2. The highest BCUT2D eigenvalue weighted by atomic mass is 35.5. The molecule has 0 aliphatic rings. The number of methoxy groups -OCH3 is 1. The van der Waals surface area contributed by atoms with Crippen LogP contribution >= 0.6 is 11.6 Å². The van der Waals surface area contributed by atoms with Crippen LogP contribution in [0.5, 0.6) is 5.75 Å². The highest BCUT2D eigenvalue weighted by Crippen LogP contribution is 2.25. The van der Waals surface area contributed by atoms with Gasteiger partial charge >= 0.3 is 0 Å². The molecule has 4 heteroatoms. The molecule has 21 heavy (non-hydrogen) atoms. The van der Waals surface area contributed by atoms with Gasteiger partial charge in [-0.1, -0.05) is 41.9 Å². The quantitative estimate of drug-likeness (QED) is 0.785. The van der Waals surface area contributed by atoms with Gasteiger partial charge in [0.25, 0.3) is 0 Å². The van der Waals surface area contributed by atoms with Gasteiger partial charge in [0.2, 0.25) is 0 Å². The Bertz CT molecular complexity index is 596. The standard InChI is InChI=1S/C17H17ClO3/c1-20-11-16(19)12-21-17-8-7-15(18)10-14(17)9-13-5-3-2-4-6-13/h2-8,10H,9,11-12H2,1H3. The number of carbonyl (C=O) groups excluding carboxylic acids is 1. The van der Waals surface area contributed by atoms with Gasteiger partial charge in [0, 0.05) is 18.6 Å². The van der Waals surface area contributed by atoms with Crippen LogP contribution in [-0.2, 0) is 16.0 Å². The Labute approximate surface area is 129 Å². The minimum absolute atomic E-state index is 0.00272. The van der Waals surface area contributed by atoms with Gasteiger partial charge in [0.05, 0.1) is 0 Å². The first-order valence-electron chi connectivity index (χ1n) is 6.65. The number of ketones is 1. The minimum atomic E-state index is -0.0990. The van der Waals surface area contributed by atoms with E-state index in [-0.39, 0.29) is 19.0 Å². The molecule has 0 amide bonds. The molecular weight excluding hydrogens is 288 g/mol. The van der Waals surface area contributed by atoms with Gasteiger partial charge < -0.3 is 9.47 Å². The van der Waals surface area contributed by atoms with Gasteiger partial charge in [0.15, 0.2) is 5.78 Å². The van der Waals surface area contributed by atoms with Crippen molar-refractivity contribution < 1.29 is 14.3 Å². The van der Waals surface area contributed by atoms with Crippen LogP contribution in [0.15, 0.2) is 48.5 Å². The topological polar surface area (TPSA) is 35.5 Å². The second-order valence-electron chi connectivity index (χ2n) is 4.67. The van der Waals surface area contributed by atoms with Gasteiger partial charge in [-0.2, -0.15) is 0 Å². The second kappa shape index (κ2) is 7.81. The smallest absolute Gasteiger partial charge is 0.195 e. The van der Waals surface area contributed by atoms with Gasteiger partial charge in [-0.3, -0.25) is 4.79 Å². The highest BCUT2D eigenvalue weighted by molar-refractivity contribution is 6.30. The summed E-state index contributed by atoms with van der Waals surface area (Å²) in [4.78, 5) is 11.5. The summed E-state index contributed by atoms with van der Waals surface area (Å²) in [6.07, 6.45) is 0.704. The molecule has 2 aromatic carbocycles. The Morgan fingerprint density at radius 2 is 1.86 bits per heavy atom. The van der Waals surface area contributed by atoms with E-state index < -0.39 is 0 Å². The molecule has 0 heterocycles. The lowest BCUT2D eigenvalue weighted by Crippen LogP contribution is -2.16. The zero-order chi connectivity index (χ0) is 15.1. The number of rotatable bonds is 7. The van der Waals surface area contributed by atoms with Crippen LogP contribution in [0, 0.1) is 0 Å². The van der Waals surface area contributed by atoms with Crippen molar-refractivity contribution in [2.75, 3.05) is 20.3 Å². The molecule has 0 atom stereocenters. The Morgan fingerprint density at radius 3 is 2.57 bits per heavy atom. The van der Waals surface area contributed by atoms with E-state index in [9.17, 15) is 4.79 Å². The molecule has 2 aromatic rings. The zero-order valence-corrected chi connectivity index (χ0v) is 12.6. The third kappa shape index (κ3) is 4.88. The van der Waals surface area contributed by atoms with Crippen LogP contribution in [0.1, 0.15) is 11.1 Å². The Hall–Kier alpha value is -1.84. The summed E-state index contributed by atoms with van der Waals surface area (Å²) in [5.41, 5.74) is 2.12. The summed E-state index contributed by atoms with van der Waals surface area (Å²) >= 11 is 6.05. The molecule has 0 aromatic heterocycles. The molecule has 0 aliphatic carbocycles. The SMILES string of the molecule is COCC(=O)COc1ccc(Cl)cc1Cc1ccccc1. The number of hydrogen-bond acceptors (Lipinski definition) is 3. The predicted octanol–water partition coefficient (Wildman–Crippen LogP) is 3.53. The lowest BCUT2D eigenvalue weighted by molar-refractivity contribution is -0.124. The Morgan fingerprint density at radius 1 is 1.10 bits per heavy atom. The highest BCUT2D eigenvalue weighted by Gasteiger charge is 2.08. The van der Waals surface area contributed by atoms with E-state index >= 15 is 0 Å². The summed E-state index contributed by atoms with van der Waals surface area (Å²) < 4.78 is 10.4. The van der Waals surface area contributed by atoms with Crippen LogP contribution in [0.4, 0.5) is 0 Å². The molecule has 0 saturated carbocycles. The molecule has 0 unspecified atom stereocenters. The molecule has 0 N–H and O–H groups in total. The molecule has 2 rings (SSSR count). The van der Waals surface area contributed by atoms with E-state index in [1.807, 2.05) is 36.4 Å². The summed E-state index contributed by atoms with van der Waals surface area (Å²) in [6, 6.07) is 15.5. The van der Waals surface area contributed by atoms with Gasteiger partial charge in [0.1, 0.15) is 19.0 Å². The first-order chi connectivity index (χ1) is 10.2. The van der Waals surface area contributed by atoms with E-state index in [0.29, 0.717) is 17.2 Å². The monoisotopic (exact) mass is 304 g/mol. The number of ether oxygens (including phenoxy) is 2. The fraction of sp³-hybridized carbons (Fsp3) is 0.235. The molecular formula is C17H17ClO3. The van der Waals surface area contributed by atoms with Crippen LogP contribution < -0.4 is 4.74 Å². The largest absolute Gasteiger partial charge is 0.485 e. The molecule has 0 spiro atoms. The maximum atomic E-state index is 11.5. The summed E-state index contributed by atoms with van der Waals surface area (Å²) in [7, 11) is 1.49. The molecule has 0 aliphatic heterocycles. The van der Waals surface area contributed by atoms with Crippen molar-refractivity contribution in [3.63, 3.8) is 0 Å². The van der Waals surface area contributed by atoms with E-state index in [1.54, 1.807) is 12.1 Å². The zero-order valence-electron chi connectivity index (χ0n) is 11.8. The summed E-state index contributed by atoms with van der Waals surface area (Å²) in [5.74, 6) is 0.575. The number of hydrogen-bond donors (Lipinski definition) is 0. The van der Waals surface area contributed by atoms with Crippen LogP contribution in [0.25, 0.3) is 0 Å². The number of carbonyl (C=O) groups is 1. The van der Waals surface area contributed by atoms with Gasteiger partial charge in [-0.05, 0) is 29.3 Å². The van der Waals surface area contributed by atoms with E-state index in [2.05, 4.69) is 0 Å². The lowest BCUT2D eigenvalue weighted by atomic mass is 10.0. The van der Waals surface area contributed by atoms with Crippen molar-refractivity contribution in [1.29, 1.82) is 0 Å². The number of Topliss-reactive ketones (excluding diaryl/α,β-unsaturated/α-hetero) is 1. The van der Waals surface area contributed by atoms with E-state index in [1.165, 1.54) is 7.11 Å². The molecule has 0 bridgehead atoms. The fourth-order valence-corrected chi connectivity index (χ4v) is 2.20. The Balaban J connectivity index is 2.12. The molecule has 0 radical (unpaired) electrons. The number of halogens is 1. The van der Waals surface area contributed by atoms with Crippen LogP contribution in [0.3, 0.4) is 0 Å². The van der Waals surface area contributed by atoms with Gasteiger partial charge in [-0.25, -0.2) is 0 Å². The normalized spacial score (nSPS) is 10.4. The van der Waals surface area contributed by atoms with Gasteiger partial charge in [-0.15, -0.1) is 0 Å². The van der Waals surface area contributed by atoms with Crippen molar-refractivity contribution in [3.8, 4) is 5.75 Å². The maximum Gasteiger partial charge on any atom is 0.195 e. The fourth-order valence-electron chi connectivity index (χ4n) is 2.00. The first-order valence-corrected chi connectivity index (χ1v) is 7.02. The third-order valence-electron chi connectivity index (χ3n) is 2.95. The van der Waals surface area contributed by atoms with Crippen LogP contribution in [0.2, 0.25) is 5.02 Å². The molecule has 0 fully saturated rings. The maximum absolute atomic E-state index is 11.5. The van der Waals surface area contributed by atoms with Crippen molar-refractivity contribution in [2.45, 2.75) is 6.42 Å². The third-order valence-corrected chi connectivity index (χ3v) is 3.19. The average molecular weight is 305 g/mol. The molecule has 0 saturated heterocycles. The minimum Gasteiger partial charge on any atom is -0.485 e. The summed E-state index contributed by atoms with van der Waals surface area (Å²) in [5, 5.41) is 0.650. The van der Waals surface area contributed by atoms with Crippen molar-refractivity contribution in [2.24, 2.45) is 0 Å². The molecule has 3 nitrogen and oxygen atoms in total. The summed E-state index contributed by atoms with van der Waals surface area (Å²) in [6.45, 7) is 0.0544. The first kappa shape index (κ1) is 15.5. The lowest BCUT2D eigenvalue weighted by Gasteiger charge is -2.11. The average Bonchev–Trinajstić information content (AvgIpc) is 2.48. The predicted molar refractivity (Wildman–Crippen MR) is 83.1 cm³/mol. The Kier molecular flexibility index (Phi) is 5.78. The van der Waals surface area contributed by atoms with Crippen molar-refractivity contribution in [3.05, 3.63) is 64.7 Å². The van der Waals surface area contributed by atoms with E-state index in [4.69, 9.17) is 21.1 Å². The van der Waals surface area contributed by atoms with Crippen molar-refractivity contribution >= 4 is 17.4 Å². The molecule has 110 valence electrons.